The van der Waals surface area contributed by atoms with Crippen LogP contribution in [0.2, 0.25) is 0 Å². The molecule has 0 unspecified atom stereocenters. The fourth-order valence-corrected chi connectivity index (χ4v) is 2.60. The van der Waals surface area contributed by atoms with Gasteiger partial charge >= 0.3 is 0 Å². The van der Waals surface area contributed by atoms with E-state index in [1.54, 1.807) is 11.3 Å². The van der Waals surface area contributed by atoms with Gasteiger partial charge in [-0.3, -0.25) is 0 Å². The molecule has 3 rings (SSSR count). The van der Waals surface area contributed by atoms with Crippen LogP contribution in [0.3, 0.4) is 0 Å². The maximum atomic E-state index is 5.61. The van der Waals surface area contributed by atoms with E-state index in [-0.39, 0.29) is 0 Å². The van der Waals surface area contributed by atoms with Gasteiger partial charge in [-0.2, -0.15) is 0 Å². The Morgan fingerprint density at radius 2 is 2.29 bits per heavy atom. The average molecular weight is 204 g/mol. The van der Waals surface area contributed by atoms with Gasteiger partial charge in [-0.25, -0.2) is 4.98 Å². The summed E-state index contributed by atoms with van der Waals surface area (Å²) in [5, 5.41) is 1.26. The first kappa shape index (κ1) is 8.38. The quantitative estimate of drug-likeness (QED) is 0.816. The average Bonchev–Trinajstić information content (AvgIpc) is 2.97. The number of thiophene rings is 1. The molecule has 1 aliphatic carbocycles. The second-order valence-corrected chi connectivity index (χ2v) is 4.97. The van der Waals surface area contributed by atoms with Gasteiger partial charge in [-0.05, 0) is 36.5 Å². The highest BCUT2D eigenvalue weighted by molar-refractivity contribution is 7.18. The number of nitrogens with two attached hydrogens (primary N) is 1. The van der Waals surface area contributed by atoms with Gasteiger partial charge in [-0.1, -0.05) is 0 Å². The van der Waals surface area contributed by atoms with E-state index < -0.39 is 0 Å². The summed E-state index contributed by atoms with van der Waals surface area (Å²) in [6, 6.07) is 4.44. The molecule has 1 saturated carbocycles. The van der Waals surface area contributed by atoms with Crippen molar-refractivity contribution < 1.29 is 0 Å². The summed E-state index contributed by atoms with van der Waals surface area (Å²) in [6.07, 6.45) is 4.69. The largest absolute Gasteiger partial charge is 0.326 e. The zero-order valence-corrected chi connectivity index (χ0v) is 8.68. The zero-order valence-electron chi connectivity index (χ0n) is 7.86. The smallest absolute Gasteiger partial charge is 0.123 e. The molecule has 2 nitrogen and oxygen atoms in total. The minimum Gasteiger partial charge on any atom is -0.326 e. The lowest BCUT2D eigenvalue weighted by Gasteiger charge is -1.95. The standard InChI is InChI=1S/C11H12N2S/c12-5-10-4-8-3-9(7-1-2-7)6-13-11(8)14-10/h3-4,6-7H,1-2,5,12H2. The van der Waals surface area contributed by atoms with Crippen molar-refractivity contribution >= 4 is 21.6 Å². The summed E-state index contributed by atoms with van der Waals surface area (Å²) in [7, 11) is 0. The number of aromatic nitrogens is 1. The van der Waals surface area contributed by atoms with E-state index in [1.165, 1.54) is 28.7 Å². The SMILES string of the molecule is NCc1cc2cc(C3CC3)cnc2s1. The third-order valence-electron chi connectivity index (χ3n) is 2.69. The van der Waals surface area contributed by atoms with Crippen LogP contribution in [0.5, 0.6) is 0 Å². The van der Waals surface area contributed by atoms with Crippen LogP contribution in [0.15, 0.2) is 18.3 Å². The molecule has 0 bridgehead atoms. The van der Waals surface area contributed by atoms with Crippen molar-refractivity contribution in [3.05, 3.63) is 28.8 Å². The summed E-state index contributed by atoms with van der Waals surface area (Å²) in [5.41, 5.74) is 7.01. The normalized spacial score (nSPS) is 16.4. The van der Waals surface area contributed by atoms with Gasteiger partial charge in [0.1, 0.15) is 4.83 Å². The highest BCUT2D eigenvalue weighted by Crippen LogP contribution is 2.40. The second kappa shape index (κ2) is 3.04. The first-order valence-electron chi connectivity index (χ1n) is 4.95. The molecule has 0 radical (unpaired) electrons. The summed E-state index contributed by atoms with van der Waals surface area (Å²) in [4.78, 5) is 6.82. The fraction of sp³-hybridized carbons (Fsp3) is 0.364. The number of fused-ring (bicyclic) bond motifs is 1. The van der Waals surface area contributed by atoms with Crippen LogP contribution in [0.4, 0.5) is 0 Å². The molecule has 2 aromatic heterocycles. The molecule has 0 aliphatic heterocycles. The van der Waals surface area contributed by atoms with Crippen LogP contribution in [0.1, 0.15) is 29.2 Å². The molecule has 72 valence electrons. The second-order valence-electron chi connectivity index (χ2n) is 3.85. The molecule has 0 aromatic carbocycles. The van der Waals surface area contributed by atoms with Crippen molar-refractivity contribution in [3.8, 4) is 0 Å². The molecule has 0 saturated heterocycles. The molecule has 0 spiro atoms. The van der Waals surface area contributed by atoms with Gasteiger partial charge in [0.05, 0.1) is 0 Å². The van der Waals surface area contributed by atoms with Gasteiger partial charge in [0.15, 0.2) is 0 Å². The Balaban J connectivity index is 2.12. The Morgan fingerprint density at radius 1 is 1.43 bits per heavy atom. The first-order chi connectivity index (χ1) is 6.86. The van der Waals surface area contributed by atoms with E-state index in [0.29, 0.717) is 6.54 Å². The predicted octanol–water partition coefficient (Wildman–Crippen LogP) is 2.63. The van der Waals surface area contributed by atoms with Crippen LogP contribution >= 0.6 is 11.3 Å². The van der Waals surface area contributed by atoms with Crippen molar-refractivity contribution in [1.29, 1.82) is 0 Å². The van der Waals surface area contributed by atoms with Gasteiger partial charge in [0.2, 0.25) is 0 Å². The molecule has 2 heterocycles. The van der Waals surface area contributed by atoms with Crippen molar-refractivity contribution in [2.24, 2.45) is 5.73 Å². The predicted molar refractivity (Wildman–Crippen MR) is 59.5 cm³/mol. The third kappa shape index (κ3) is 1.33. The Morgan fingerprint density at radius 3 is 3.00 bits per heavy atom. The van der Waals surface area contributed by atoms with Crippen molar-refractivity contribution in [2.75, 3.05) is 0 Å². The molecule has 2 aromatic rings. The van der Waals surface area contributed by atoms with Crippen LogP contribution in [0.25, 0.3) is 10.2 Å². The molecule has 0 amide bonds. The highest BCUT2D eigenvalue weighted by Gasteiger charge is 2.24. The molecule has 0 atom stereocenters. The first-order valence-corrected chi connectivity index (χ1v) is 5.77. The molecule has 2 N–H and O–H groups in total. The lowest BCUT2D eigenvalue weighted by molar-refractivity contribution is 1.11. The Labute approximate surface area is 86.8 Å². The summed E-state index contributed by atoms with van der Waals surface area (Å²) in [6.45, 7) is 0.625. The number of rotatable bonds is 2. The minimum absolute atomic E-state index is 0.625. The monoisotopic (exact) mass is 204 g/mol. The zero-order chi connectivity index (χ0) is 9.54. The number of pyridine rings is 1. The van der Waals surface area contributed by atoms with Gasteiger partial charge < -0.3 is 5.73 Å². The van der Waals surface area contributed by atoms with Crippen molar-refractivity contribution in [1.82, 2.24) is 4.98 Å². The third-order valence-corrected chi connectivity index (χ3v) is 3.78. The van der Waals surface area contributed by atoms with Gasteiger partial charge in [0.25, 0.3) is 0 Å². The molecular weight excluding hydrogens is 192 g/mol. The van der Waals surface area contributed by atoms with E-state index in [4.69, 9.17) is 5.73 Å². The summed E-state index contributed by atoms with van der Waals surface area (Å²) < 4.78 is 0. The fourth-order valence-electron chi connectivity index (χ4n) is 1.74. The summed E-state index contributed by atoms with van der Waals surface area (Å²) in [5.74, 6) is 0.785. The van der Waals surface area contributed by atoms with E-state index in [0.717, 1.165) is 10.7 Å². The molecule has 14 heavy (non-hydrogen) atoms. The van der Waals surface area contributed by atoms with Gasteiger partial charge in [0, 0.05) is 23.0 Å². The van der Waals surface area contributed by atoms with Crippen molar-refractivity contribution in [2.45, 2.75) is 25.3 Å². The lowest BCUT2D eigenvalue weighted by atomic mass is 10.1. The van der Waals surface area contributed by atoms with E-state index in [1.807, 2.05) is 6.20 Å². The van der Waals surface area contributed by atoms with E-state index in [2.05, 4.69) is 17.1 Å². The number of hydrogen-bond donors (Lipinski definition) is 1. The Kier molecular flexibility index (Phi) is 1.82. The van der Waals surface area contributed by atoms with E-state index >= 15 is 0 Å². The molecule has 1 aliphatic rings. The van der Waals surface area contributed by atoms with Crippen LogP contribution < -0.4 is 5.73 Å². The maximum absolute atomic E-state index is 5.61. The summed E-state index contributed by atoms with van der Waals surface area (Å²) >= 11 is 1.70. The molecule has 1 fully saturated rings. The number of hydrogen-bond acceptors (Lipinski definition) is 3. The van der Waals surface area contributed by atoms with Crippen LogP contribution in [-0.2, 0) is 6.54 Å². The van der Waals surface area contributed by atoms with E-state index in [9.17, 15) is 0 Å². The number of nitrogens with zero attached hydrogens (tertiary/aromatic N) is 1. The Hall–Kier alpha value is -0.930. The Bertz CT molecular complexity index is 471. The lowest BCUT2D eigenvalue weighted by Crippen LogP contribution is -1.91. The molecular formula is C11H12N2S. The van der Waals surface area contributed by atoms with Crippen molar-refractivity contribution in [3.63, 3.8) is 0 Å². The highest BCUT2D eigenvalue weighted by atomic mass is 32.1. The topological polar surface area (TPSA) is 38.9 Å². The minimum atomic E-state index is 0.625. The van der Waals surface area contributed by atoms with Gasteiger partial charge in [-0.15, -0.1) is 11.3 Å². The van der Waals surface area contributed by atoms with Crippen LogP contribution in [0, 0.1) is 0 Å². The van der Waals surface area contributed by atoms with Crippen LogP contribution in [-0.4, -0.2) is 4.98 Å². The maximum Gasteiger partial charge on any atom is 0.123 e. The molecule has 3 heteroatoms.